The first-order valence-electron chi connectivity index (χ1n) is 8.77. The fourth-order valence-corrected chi connectivity index (χ4v) is 3.39. The van der Waals surface area contributed by atoms with Crippen LogP contribution < -0.4 is 5.32 Å². The summed E-state index contributed by atoms with van der Waals surface area (Å²) in [5.74, 6) is -0.00682. The van der Waals surface area contributed by atoms with Crippen molar-refractivity contribution in [1.82, 2.24) is 10.2 Å². The lowest BCUT2D eigenvalue weighted by molar-refractivity contribution is -0.118. The maximum atomic E-state index is 12.6. The van der Waals surface area contributed by atoms with Gasteiger partial charge in [0, 0.05) is 38.9 Å². The third kappa shape index (κ3) is 4.57. The van der Waals surface area contributed by atoms with Crippen molar-refractivity contribution >= 4 is 16.7 Å². The van der Waals surface area contributed by atoms with Crippen molar-refractivity contribution in [3.63, 3.8) is 0 Å². The van der Waals surface area contributed by atoms with Gasteiger partial charge in [-0.05, 0) is 42.3 Å². The SMILES string of the molecule is COC(CN1CCC[C@H](NC(=O)c2ccc3ccccc3c2)C1)OC. The third-order valence-electron chi connectivity index (χ3n) is 4.79. The zero-order valence-electron chi connectivity index (χ0n) is 14.9. The Morgan fingerprint density at radius 2 is 1.96 bits per heavy atom. The Labute approximate surface area is 148 Å². The van der Waals surface area contributed by atoms with Crippen molar-refractivity contribution in [2.45, 2.75) is 25.2 Å². The van der Waals surface area contributed by atoms with E-state index >= 15 is 0 Å². The maximum absolute atomic E-state index is 12.6. The molecule has 2 aromatic rings. The van der Waals surface area contributed by atoms with E-state index in [4.69, 9.17) is 9.47 Å². The van der Waals surface area contributed by atoms with E-state index < -0.39 is 0 Å². The number of likely N-dealkylation sites (tertiary alicyclic amines) is 1. The second-order valence-corrected chi connectivity index (χ2v) is 6.54. The van der Waals surface area contributed by atoms with Crippen molar-refractivity contribution < 1.29 is 14.3 Å². The topological polar surface area (TPSA) is 50.8 Å². The van der Waals surface area contributed by atoms with Crippen LogP contribution in [0.4, 0.5) is 0 Å². The molecule has 1 aliphatic rings. The molecular formula is C20H26N2O3. The van der Waals surface area contributed by atoms with Crippen LogP contribution in [0.1, 0.15) is 23.2 Å². The van der Waals surface area contributed by atoms with E-state index in [0.29, 0.717) is 5.56 Å². The van der Waals surface area contributed by atoms with Gasteiger partial charge in [-0.1, -0.05) is 30.3 Å². The van der Waals surface area contributed by atoms with E-state index in [1.54, 1.807) is 14.2 Å². The Kier molecular flexibility index (Phi) is 6.02. The van der Waals surface area contributed by atoms with Crippen LogP contribution in [0.25, 0.3) is 10.8 Å². The first-order chi connectivity index (χ1) is 12.2. The predicted octanol–water partition coefficient (Wildman–Crippen LogP) is 2.65. The van der Waals surface area contributed by atoms with Crippen LogP contribution in [0.2, 0.25) is 0 Å². The van der Waals surface area contributed by atoms with Crippen LogP contribution in [-0.2, 0) is 9.47 Å². The number of ether oxygens (including phenoxy) is 2. The lowest BCUT2D eigenvalue weighted by Crippen LogP contribution is -2.49. The first-order valence-corrected chi connectivity index (χ1v) is 8.77. The first kappa shape index (κ1) is 17.9. The number of amides is 1. The molecule has 1 atom stereocenters. The standard InChI is InChI=1S/C20H26N2O3/c1-24-19(25-2)14-22-11-5-8-18(13-22)21-20(23)17-10-9-15-6-3-4-7-16(15)12-17/h3-4,6-7,9-10,12,18-19H,5,8,11,13-14H2,1-2H3,(H,21,23)/t18-/m0/s1. The van der Waals surface area contributed by atoms with E-state index in [1.165, 1.54) is 0 Å². The van der Waals surface area contributed by atoms with Crippen molar-refractivity contribution in [1.29, 1.82) is 0 Å². The lowest BCUT2D eigenvalue weighted by atomic mass is 10.0. The second-order valence-electron chi connectivity index (χ2n) is 6.54. The van der Waals surface area contributed by atoms with Gasteiger partial charge < -0.3 is 14.8 Å². The summed E-state index contributed by atoms with van der Waals surface area (Å²) in [5, 5.41) is 5.41. The molecule has 1 saturated heterocycles. The number of benzene rings is 2. The van der Waals surface area contributed by atoms with E-state index in [-0.39, 0.29) is 18.2 Å². The maximum Gasteiger partial charge on any atom is 0.251 e. The molecule has 3 rings (SSSR count). The van der Waals surface area contributed by atoms with Gasteiger partial charge in [0.25, 0.3) is 5.91 Å². The number of methoxy groups -OCH3 is 2. The molecule has 1 aliphatic heterocycles. The molecule has 0 aliphatic carbocycles. The molecule has 1 N–H and O–H groups in total. The fraction of sp³-hybridized carbons (Fsp3) is 0.450. The Morgan fingerprint density at radius 1 is 1.20 bits per heavy atom. The Bertz CT molecular complexity index is 715. The Balaban J connectivity index is 1.61. The molecule has 25 heavy (non-hydrogen) atoms. The zero-order valence-corrected chi connectivity index (χ0v) is 14.9. The number of nitrogens with zero attached hydrogens (tertiary/aromatic N) is 1. The summed E-state index contributed by atoms with van der Waals surface area (Å²) in [5.41, 5.74) is 0.711. The summed E-state index contributed by atoms with van der Waals surface area (Å²) in [6.45, 7) is 2.55. The average Bonchev–Trinajstić information content (AvgIpc) is 2.66. The predicted molar refractivity (Wildman–Crippen MR) is 98.7 cm³/mol. The minimum atomic E-state index is -0.227. The quantitative estimate of drug-likeness (QED) is 0.820. The third-order valence-corrected chi connectivity index (χ3v) is 4.79. The molecule has 1 amide bonds. The Morgan fingerprint density at radius 3 is 2.72 bits per heavy atom. The number of nitrogens with one attached hydrogen (secondary N) is 1. The number of fused-ring (bicyclic) bond motifs is 1. The van der Waals surface area contributed by atoms with Gasteiger partial charge in [0.15, 0.2) is 6.29 Å². The van der Waals surface area contributed by atoms with E-state index in [9.17, 15) is 4.79 Å². The number of carbonyl (C=O) groups is 1. The average molecular weight is 342 g/mol. The van der Waals surface area contributed by atoms with E-state index in [1.807, 2.05) is 36.4 Å². The fourth-order valence-electron chi connectivity index (χ4n) is 3.39. The summed E-state index contributed by atoms with van der Waals surface area (Å²) >= 11 is 0. The van der Waals surface area contributed by atoms with Gasteiger partial charge in [-0.2, -0.15) is 0 Å². The Hall–Kier alpha value is -1.95. The van der Waals surface area contributed by atoms with Crippen molar-refractivity contribution in [3.8, 4) is 0 Å². The van der Waals surface area contributed by atoms with Gasteiger partial charge in [0.2, 0.25) is 0 Å². The smallest absolute Gasteiger partial charge is 0.251 e. The number of rotatable bonds is 6. The molecule has 0 aromatic heterocycles. The highest BCUT2D eigenvalue weighted by atomic mass is 16.7. The van der Waals surface area contributed by atoms with E-state index in [2.05, 4.69) is 16.3 Å². The van der Waals surface area contributed by atoms with Gasteiger partial charge in [0.05, 0.1) is 0 Å². The van der Waals surface area contributed by atoms with Crippen molar-refractivity contribution in [2.24, 2.45) is 0 Å². The molecular weight excluding hydrogens is 316 g/mol. The molecule has 1 fully saturated rings. The van der Waals surface area contributed by atoms with Gasteiger partial charge in [-0.3, -0.25) is 9.69 Å². The van der Waals surface area contributed by atoms with Crippen LogP contribution in [0.15, 0.2) is 42.5 Å². The number of hydrogen-bond donors (Lipinski definition) is 1. The highest BCUT2D eigenvalue weighted by Crippen LogP contribution is 2.17. The van der Waals surface area contributed by atoms with Gasteiger partial charge in [-0.15, -0.1) is 0 Å². The molecule has 0 saturated carbocycles. The van der Waals surface area contributed by atoms with Crippen LogP contribution in [0.3, 0.4) is 0 Å². The number of hydrogen-bond acceptors (Lipinski definition) is 4. The van der Waals surface area contributed by atoms with Crippen LogP contribution in [0.5, 0.6) is 0 Å². The summed E-state index contributed by atoms with van der Waals surface area (Å²) < 4.78 is 10.6. The summed E-state index contributed by atoms with van der Waals surface area (Å²) in [4.78, 5) is 14.9. The highest BCUT2D eigenvalue weighted by molar-refractivity contribution is 5.98. The van der Waals surface area contributed by atoms with E-state index in [0.717, 1.165) is 43.2 Å². The molecule has 5 heteroatoms. The molecule has 2 aromatic carbocycles. The number of carbonyl (C=O) groups excluding carboxylic acids is 1. The molecule has 1 heterocycles. The van der Waals surface area contributed by atoms with Crippen molar-refractivity contribution in [2.75, 3.05) is 33.9 Å². The largest absolute Gasteiger partial charge is 0.355 e. The zero-order chi connectivity index (χ0) is 17.6. The van der Waals surface area contributed by atoms with Crippen molar-refractivity contribution in [3.05, 3.63) is 48.0 Å². The highest BCUT2D eigenvalue weighted by Gasteiger charge is 2.23. The summed E-state index contributed by atoms with van der Waals surface area (Å²) in [7, 11) is 3.30. The number of piperidine rings is 1. The van der Waals surface area contributed by atoms with Crippen LogP contribution >= 0.6 is 0 Å². The second kappa shape index (κ2) is 8.43. The van der Waals surface area contributed by atoms with Crippen LogP contribution in [0, 0.1) is 0 Å². The lowest BCUT2D eigenvalue weighted by Gasteiger charge is -2.34. The molecule has 5 nitrogen and oxygen atoms in total. The van der Waals surface area contributed by atoms with Gasteiger partial charge >= 0.3 is 0 Å². The molecule has 0 radical (unpaired) electrons. The summed E-state index contributed by atoms with van der Waals surface area (Å²) in [6, 6.07) is 14.1. The molecule has 0 spiro atoms. The molecule has 134 valence electrons. The van der Waals surface area contributed by atoms with Crippen LogP contribution in [-0.4, -0.2) is 57.0 Å². The van der Waals surface area contributed by atoms with Gasteiger partial charge in [0.1, 0.15) is 0 Å². The van der Waals surface area contributed by atoms with Gasteiger partial charge in [-0.25, -0.2) is 0 Å². The molecule has 0 unspecified atom stereocenters. The minimum absolute atomic E-state index is 0.00682. The minimum Gasteiger partial charge on any atom is -0.355 e. The normalized spacial score (nSPS) is 18.6. The monoisotopic (exact) mass is 342 g/mol. The summed E-state index contributed by atoms with van der Waals surface area (Å²) in [6.07, 6.45) is 1.83. The molecule has 0 bridgehead atoms.